The molecule has 8 heteroatoms. The Morgan fingerprint density at radius 2 is 1.66 bits per heavy atom. The van der Waals surface area contributed by atoms with Crippen LogP contribution in [0.1, 0.15) is 37.7 Å². The van der Waals surface area contributed by atoms with Gasteiger partial charge in [-0.1, -0.05) is 23.4 Å². The van der Waals surface area contributed by atoms with Crippen molar-refractivity contribution >= 4 is 11.8 Å². The second-order valence-electron chi connectivity index (χ2n) is 6.23. The maximum Gasteiger partial charge on any atom is 0.269 e. The van der Waals surface area contributed by atoms with Crippen LogP contribution in [0.25, 0.3) is 0 Å². The van der Waals surface area contributed by atoms with Crippen LogP contribution < -0.4 is 20.3 Å². The lowest BCUT2D eigenvalue weighted by Crippen LogP contribution is -2.41. The van der Waals surface area contributed by atoms with Crippen LogP contribution in [0.15, 0.2) is 53.1 Å². The van der Waals surface area contributed by atoms with Gasteiger partial charge in [-0.3, -0.25) is 20.4 Å². The van der Waals surface area contributed by atoms with E-state index in [0.717, 1.165) is 11.3 Å². The smallest absolute Gasteiger partial charge is 0.269 e. The zero-order valence-corrected chi connectivity index (χ0v) is 16.3. The molecule has 0 fully saturated rings. The maximum absolute atomic E-state index is 12.4. The van der Waals surface area contributed by atoms with E-state index in [1.165, 1.54) is 13.2 Å². The van der Waals surface area contributed by atoms with Gasteiger partial charge >= 0.3 is 0 Å². The molecule has 0 saturated heterocycles. The molecule has 0 aliphatic carbocycles. The van der Waals surface area contributed by atoms with E-state index >= 15 is 0 Å². The van der Waals surface area contributed by atoms with Crippen LogP contribution >= 0.6 is 0 Å². The molecule has 1 aromatic heterocycles. The standard InChI is InChI=1S/C21H21N3O5/c1-13-17(14(2)29-24-13)12-28-18-10-9-16(11-19(18)27-3)21(26)23-22-20(25)15-7-5-4-6-8-15/h4-11H,12H2,1-3H3,(H,22,25)(H,23,26). The summed E-state index contributed by atoms with van der Waals surface area (Å²) in [5.74, 6) is 0.651. The summed E-state index contributed by atoms with van der Waals surface area (Å²) in [6, 6.07) is 13.3. The number of rotatable bonds is 6. The van der Waals surface area contributed by atoms with Crippen molar-refractivity contribution < 1.29 is 23.6 Å². The zero-order valence-electron chi connectivity index (χ0n) is 16.3. The molecule has 2 aromatic carbocycles. The predicted molar refractivity (Wildman–Crippen MR) is 105 cm³/mol. The number of aromatic nitrogens is 1. The van der Waals surface area contributed by atoms with Crippen LogP contribution in [0.2, 0.25) is 0 Å². The number of amides is 2. The third-order valence-corrected chi connectivity index (χ3v) is 4.30. The largest absolute Gasteiger partial charge is 0.493 e. The summed E-state index contributed by atoms with van der Waals surface area (Å²) < 4.78 is 16.2. The molecule has 0 spiro atoms. The molecule has 0 aliphatic heterocycles. The van der Waals surface area contributed by atoms with E-state index < -0.39 is 11.8 Å². The highest BCUT2D eigenvalue weighted by Crippen LogP contribution is 2.29. The average Bonchev–Trinajstić information content (AvgIpc) is 3.08. The minimum Gasteiger partial charge on any atom is -0.493 e. The summed E-state index contributed by atoms with van der Waals surface area (Å²) >= 11 is 0. The van der Waals surface area contributed by atoms with E-state index in [9.17, 15) is 9.59 Å². The molecule has 8 nitrogen and oxygen atoms in total. The fourth-order valence-corrected chi connectivity index (χ4v) is 2.63. The van der Waals surface area contributed by atoms with Crippen molar-refractivity contribution in [2.75, 3.05) is 7.11 Å². The van der Waals surface area contributed by atoms with E-state index in [1.807, 2.05) is 13.8 Å². The number of carbonyl (C=O) groups is 2. The summed E-state index contributed by atoms with van der Waals surface area (Å²) in [6.45, 7) is 3.91. The lowest BCUT2D eigenvalue weighted by atomic mass is 10.2. The van der Waals surface area contributed by atoms with Crippen LogP contribution in [0, 0.1) is 13.8 Å². The van der Waals surface area contributed by atoms with Crippen LogP contribution in [-0.4, -0.2) is 24.1 Å². The molecule has 0 bridgehead atoms. The lowest BCUT2D eigenvalue weighted by molar-refractivity contribution is 0.0846. The lowest BCUT2D eigenvalue weighted by Gasteiger charge is -2.12. The van der Waals surface area contributed by atoms with Crippen molar-refractivity contribution in [3.8, 4) is 11.5 Å². The number of carbonyl (C=O) groups excluding carboxylic acids is 2. The normalized spacial score (nSPS) is 10.3. The number of hydrogen-bond acceptors (Lipinski definition) is 6. The first kappa shape index (κ1) is 19.9. The third-order valence-electron chi connectivity index (χ3n) is 4.30. The Bertz CT molecular complexity index is 995. The quantitative estimate of drug-likeness (QED) is 0.622. The number of nitrogens with zero attached hydrogens (tertiary/aromatic N) is 1. The molecule has 3 rings (SSSR count). The number of methoxy groups -OCH3 is 1. The van der Waals surface area contributed by atoms with Crippen molar-refractivity contribution in [3.63, 3.8) is 0 Å². The summed E-state index contributed by atoms with van der Waals surface area (Å²) in [7, 11) is 1.48. The second-order valence-corrected chi connectivity index (χ2v) is 6.23. The van der Waals surface area contributed by atoms with Crippen molar-refractivity contribution in [1.82, 2.24) is 16.0 Å². The summed E-state index contributed by atoms with van der Waals surface area (Å²) in [6.07, 6.45) is 0. The molecule has 150 valence electrons. The summed E-state index contributed by atoms with van der Waals surface area (Å²) in [5, 5.41) is 3.89. The first-order valence-electron chi connectivity index (χ1n) is 8.88. The van der Waals surface area contributed by atoms with E-state index in [4.69, 9.17) is 14.0 Å². The van der Waals surface area contributed by atoms with Gasteiger partial charge in [-0.2, -0.15) is 0 Å². The molecule has 2 N–H and O–H groups in total. The Kier molecular flexibility index (Phi) is 6.13. The Labute approximate surface area is 167 Å². The van der Waals surface area contributed by atoms with Gasteiger partial charge in [-0.15, -0.1) is 0 Å². The van der Waals surface area contributed by atoms with Crippen molar-refractivity contribution in [3.05, 3.63) is 76.7 Å². The SMILES string of the molecule is COc1cc(C(=O)NNC(=O)c2ccccc2)ccc1OCc1c(C)noc1C. The van der Waals surface area contributed by atoms with Crippen molar-refractivity contribution in [2.24, 2.45) is 0 Å². The topological polar surface area (TPSA) is 103 Å². The molecule has 2 amide bonds. The molecule has 3 aromatic rings. The number of nitrogens with one attached hydrogen (secondary N) is 2. The Morgan fingerprint density at radius 1 is 0.966 bits per heavy atom. The van der Waals surface area contributed by atoms with Crippen molar-refractivity contribution in [2.45, 2.75) is 20.5 Å². The number of benzene rings is 2. The van der Waals surface area contributed by atoms with Gasteiger partial charge in [-0.25, -0.2) is 0 Å². The van der Waals surface area contributed by atoms with Crippen LogP contribution in [-0.2, 0) is 6.61 Å². The molecule has 1 heterocycles. The van der Waals surface area contributed by atoms with Gasteiger partial charge < -0.3 is 14.0 Å². The zero-order chi connectivity index (χ0) is 20.8. The van der Waals surface area contributed by atoms with E-state index in [-0.39, 0.29) is 6.61 Å². The number of ether oxygens (including phenoxy) is 2. The highest BCUT2D eigenvalue weighted by molar-refractivity contribution is 5.99. The van der Waals surface area contributed by atoms with E-state index in [2.05, 4.69) is 16.0 Å². The molecule has 0 radical (unpaired) electrons. The van der Waals surface area contributed by atoms with Crippen LogP contribution in [0.4, 0.5) is 0 Å². The van der Waals surface area contributed by atoms with Crippen LogP contribution in [0.5, 0.6) is 11.5 Å². The number of aryl methyl sites for hydroxylation is 2. The summed E-state index contributed by atoms with van der Waals surface area (Å²) in [5.41, 5.74) is 7.12. The highest BCUT2D eigenvalue weighted by Gasteiger charge is 2.15. The second kappa shape index (κ2) is 8.92. The Balaban J connectivity index is 1.64. The maximum atomic E-state index is 12.4. The highest BCUT2D eigenvalue weighted by atomic mass is 16.5. The third kappa shape index (κ3) is 4.73. The first-order valence-corrected chi connectivity index (χ1v) is 8.88. The van der Waals surface area contributed by atoms with Gasteiger partial charge in [0.25, 0.3) is 11.8 Å². The first-order chi connectivity index (χ1) is 14.0. The van der Waals surface area contributed by atoms with Gasteiger partial charge in [0.2, 0.25) is 0 Å². The van der Waals surface area contributed by atoms with Gasteiger partial charge in [-0.05, 0) is 44.2 Å². The van der Waals surface area contributed by atoms with E-state index in [1.54, 1.807) is 42.5 Å². The van der Waals surface area contributed by atoms with Gasteiger partial charge in [0.05, 0.1) is 18.4 Å². The van der Waals surface area contributed by atoms with Gasteiger partial charge in [0.1, 0.15) is 12.4 Å². The average molecular weight is 395 g/mol. The minimum absolute atomic E-state index is 0.260. The summed E-state index contributed by atoms with van der Waals surface area (Å²) in [4.78, 5) is 24.4. The number of hydrogen-bond donors (Lipinski definition) is 2. The van der Waals surface area contributed by atoms with Crippen molar-refractivity contribution in [1.29, 1.82) is 0 Å². The van der Waals surface area contributed by atoms with Gasteiger partial charge in [0, 0.05) is 11.1 Å². The fraction of sp³-hybridized carbons (Fsp3) is 0.190. The molecule has 0 unspecified atom stereocenters. The predicted octanol–water partition coefficient (Wildman–Crippen LogP) is 2.95. The minimum atomic E-state index is -0.482. The van der Waals surface area contributed by atoms with E-state index in [0.29, 0.717) is 28.4 Å². The molecule has 0 saturated carbocycles. The monoisotopic (exact) mass is 395 g/mol. The molecule has 0 atom stereocenters. The van der Waals surface area contributed by atoms with Gasteiger partial charge in [0.15, 0.2) is 11.5 Å². The fourth-order valence-electron chi connectivity index (χ4n) is 2.63. The Hall–Kier alpha value is -3.81. The molecule has 0 aliphatic rings. The molecular weight excluding hydrogens is 374 g/mol. The number of hydrazine groups is 1. The van der Waals surface area contributed by atoms with Crippen LogP contribution in [0.3, 0.4) is 0 Å². The Morgan fingerprint density at radius 3 is 2.28 bits per heavy atom. The molecular formula is C21H21N3O5. The molecule has 29 heavy (non-hydrogen) atoms.